The number of rotatable bonds is 4. The van der Waals surface area contributed by atoms with Crippen LogP contribution in [0.25, 0.3) is 11.3 Å². The number of carboxylic acid groups (broad SMARTS) is 1. The molecule has 0 bridgehead atoms. The second kappa shape index (κ2) is 5.22. The molecule has 1 aromatic heterocycles. The van der Waals surface area contributed by atoms with Gasteiger partial charge in [-0.05, 0) is 24.3 Å². The van der Waals surface area contributed by atoms with Gasteiger partial charge >= 0.3 is 5.97 Å². The normalized spacial score (nSPS) is 10.3. The number of carbonyl (C=O) groups is 1. The van der Waals surface area contributed by atoms with E-state index >= 15 is 0 Å². The summed E-state index contributed by atoms with van der Waals surface area (Å²) in [5.74, 6) is -0.546. The molecular weight excluding hydrogens is 302 g/mol. The second-order valence-electron chi connectivity index (χ2n) is 3.51. The molecule has 0 amide bonds. The summed E-state index contributed by atoms with van der Waals surface area (Å²) in [5, 5.41) is 13.1. The lowest BCUT2D eigenvalue weighted by molar-refractivity contribution is 0.0651. The first-order valence-electron chi connectivity index (χ1n) is 5.09. The van der Waals surface area contributed by atoms with E-state index in [1.807, 2.05) is 0 Å². The van der Waals surface area contributed by atoms with Crippen LogP contribution in [0.3, 0.4) is 0 Å². The summed E-state index contributed by atoms with van der Waals surface area (Å²) in [6.07, 6.45) is 0. The van der Waals surface area contributed by atoms with Crippen LogP contribution in [0.5, 0.6) is 5.75 Å². The van der Waals surface area contributed by atoms with Gasteiger partial charge in [0, 0.05) is 16.5 Å². The molecule has 0 aliphatic carbocycles. The zero-order valence-corrected chi connectivity index (χ0v) is 11.1. The Kier molecular flexibility index (Phi) is 3.66. The number of alkyl halides is 1. The Labute approximate surface area is 111 Å². The van der Waals surface area contributed by atoms with Gasteiger partial charge in [-0.1, -0.05) is 21.1 Å². The third kappa shape index (κ3) is 2.24. The van der Waals surface area contributed by atoms with Crippen molar-refractivity contribution in [2.45, 2.75) is 5.33 Å². The molecular formula is C12H10BrNO4. The minimum absolute atomic E-state index is 0.141. The maximum atomic E-state index is 11.0. The summed E-state index contributed by atoms with van der Waals surface area (Å²) in [5.41, 5.74) is 1.82. The summed E-state index contributed by atoms with van der Waals surface area (Å²) >= 11 is 3.24. The lowest BCUT2D eigenvalue weighted by Gasteiger charge is -2.01. The number of hydrogen-bond acceptors (Lipinski definition) is 4. The number of aromatic nitrogens is 1. The van der Waals surface area contributed by atoms with Crippen molar-refractivity contribution >= 4 is 21.9 Å². The van der Waals surface area contributed by atoms with Crippen LogP contribution in [0.2, 0.25) is 0 Å². The van der Waals surface area contributed by atoms with E-state index in [0.717, 1.165) is 11.3 Å². The number of hydrogen-bond donors (Lipinski definition) is 1. The monoisotopic (exact) mass is 311 g/mol. The zero-order valence-electron chi connectivity index (χ0n) is 9.51. The second-order valence-corrected chi connectivity index (χ2v) is 4.07. The van der Waals surface area contributed by atoms with Crippen molar-refractivity contribution in [1.82, 2.24) is 5.16 Å². The van der Waals surface area contributed by atoms with E-state index < -0.39 is 5.97 Å². The minimum atomic E-state index is -1.13. The van der Waals surface area contributed by atoms with Crippen LogP contribution >= 0.6 is 15.9 Å². The molecule has 94 valence electrons. The van der Waals surface area contributed by atoms with Gasteiger partial charge in [0.05, 0.1) is 7.11 Å². The summed E-state index contributed by atoms with van der Waals surface area (Å²) in [7, 11) is 1.58. The maximum Gasteiger partial charge on any atom is 0.375 e. The lowest BCUT2D eigenvalue weighted by Crippen LogP contribution is -1.97. The predicted molar refractivity (Wildman–Crippen MR) is 68.1 cm³/mol. The molecule has 0 saturated heterocycles. The van der Waals surface area contributed by atoms with Crippen LogP contribution in [0.1, 0.15) is 16.1 Å². The molecule has 0 fully saturated rings. The quantitative estimate of drug-likeness (QED) is 0.879. The SMILES string of the molecule is COc1ccc(-c2noc(C(=O)O)c2CBr)cc1. The van der Waals surface area contributed by atoms with Crippen molar-refractivity contribution < 1.29 is 19.2 Å². The van der Waals surface area contributed by atoms with E-state index in [9.17, 15) is 4.79 Å². The maximum absolute atomic E-state index is 11.0. The number of ether oxygens (including phenoxy) is 1. The van der Waals surface area contributed by atoms with Crippen molar-refractivity contribution in [3.8, 4) is 17.0 Å². The molecule has 18 heavy (non-hydrogen) atoms. The van der Waals surface area contributed by atoms with Gasteiger partial charge in [-0.25, -0.2) is 4.79 Å². The molecule has 0 spiro atoms. The molecule has 1 aromatic carbocycles. The number of aromatic carboxylic acids is 1. The van der Waals surface area contributed by atoms with Gasteiger partial charge in [0.15, 0.2) is 0 Å². The van der Waals surface area contributed by atoms with Crippen LogP contribution in [0.15, 0.2) is 28.8 Å². The first-order chi connectivity index (χ1) is 8.67. The number of methoxy groups -OCH3 is 1. The fourth-order valence-electron chi connectivity index (χ4n) is 1.58. The van der Waals surface area contributed by atoms with Gasteiger partial charge in [0.25, 0.3) is 0 Å². The Morgan fingerprint density at radius 3 is 2.61 bits per heavy atom. The van der Waals surface area contributed by atoms with Crippen LogP contribution in [0.4, 0.5) is 0 Å². The molecule has 5 nitrogen and oxygen atoms in total. The highest BCUT2D eigenvalue weighted by molar-refractivity contribution is 9.08. The summed E-state index contributed by atoms with van der Waals surface area (Å²) in [4.78, 5) is 11.0. The van der Waals surface area contributed by atoms with E-state index in [1.54, 1.807) is 31.4 Å². The molecule has 0 radical (unpaired) electrons. The minimum Gasteiger partial charge on any atom is -0.497 e. The van der Waals surface area contributed by atoms with Crippen molar-refractivity contribution in [2.24, 2.45) is 0 Å². The smallest absolute Gasteiger partial charge is 0.375 e. The van der Waals surface area contributed by atoms with Crippen molar-refractivity contribution in [2.75, 3.05) is 7.11 Å². The molecule has 1 heterocycles. The van der Waals surface area contributed by atoms with Crippen LogP contribution < -0.4 is 4.74 Å². The highest BCUT2D eigenvalue weighted by Gasteiger charge is 2.21. The van der Waals surface area contributed by atoms with Crippen LogP contribution in [0, 0.1) is 0 Å². The van der Waals surface area contributed by atoms with Gasteiger partial charge < -0.3 is 14.4 Å². The van der Waals surface area contributed by atoms with E-state index in [2.05, 4.69) is 21.1 Å². The van der Waals surface area contributed by atoms with Crippen molar-refractivity contribution in [3.05, 3.63) is 35.6 Å². The van der Waals surface area contributed by atoms with E-state index in [4.69, 9.17) is 14.4 Å². The third-order valence-electron chi connectivity index (χ3n) is 2.48. The molecule has 2 rings (SSSR count). The van der Waals surface area contributed by atoms with Crippen molar-refractivity contribution in [1.29, 1.82) is 0 Å². The fraction of sp³-hybridized carbons (Fsp3) is 0.167. The predicted octanol–water partition coefficient (Wildman–Crippen LogP) is 2.94. The Bertz CT molecular complexity index is 562. The van der Waals surface area contributed by atoms with Gasteiger partial charge in [-0.15, -0.1) is 0 Å². The Morgan fingerprint density at radius 2 is 2.11 bits per heavy atom. The summed E-state index contributed by atoms with van der Waals surface area (Å²) in [6, 6.07) is 7.16. The molecule has 0 atom stereocenters. The first-order valence-corrected chi connectivity index (χ1v) is 6.21. The first kappa shape index (κ1) is 12.6. The molecule has 1 N–H and O–H groups in total. The highest BCUT2D eigenvalue weighted by Crippen LogP contribution is 2.28. The van der Waals surface area contributed by atoms with Crippen LogP contribution in [-0.2, 0) is 5.33 Å². The average molecular weight is 312 g/mol. The van der Waals surface area contributed by atoms with Crippen molar-refractivity contribution in [3.63, 3.8) is 0 Å². The molecule has 0 aliphatic heterocycles. The highest BCUT2D eigenvalue weighted by atomic mass is 79.9. The molecule has 0 unspecified atom stereocenters. The van der Waals surface area contributed by atoms with E-state index in [0.29, 0.717) is 16.6 Å². The number of nitrogens with zero attached hydrogens (tertiary/aromatic N) is 1. The Morgan fingerprint density at radius 1 is 1.44 bits per heavy atom. The fourth-order valence-corrected chi connectivity index (χ4v) is 2.10. The van der Waals surface area contributed by atoms with E-state index in [1.165, 1.54) is 0 Å². The largest absolute Gasteiger partial charge is 0.497 e. The number of halogens is 1. The summed E-state index contributed by atoms with van der Waals surface area (Å²) < 4.78 is 9.91. The van der Waals surface area contributed by atoms with Gasteiger partial charge in [0.1, 0.15) is 11.4 Å². The lowest BCUT2D eigenvalue weighted by atomic mass is 10.1. The van der Waals surface area contributed by atoms with Gasteiger partial charge in [-0.2, -0.15) is 0 Å². The average Bonchev–Trinajstić information content (AvgIpc) is 2.82. The van der Waals surface area contributed by atoms with Gasteiger partial charge in [-0.3, -0.25) is 0 Å². The number of carboxylic acids is 1. The Balaban J connectivity index is 2.46. The van der Waals surface area contributed by atoms with Crippen LogP contribution in [-0.4, -0.2) is 23.3 Å². The standard InChI is InChI=1S/C12H10BrNO4/c1-17-8-4-2-7(3-5-8)10-9(6-13)11(12(15)16)18-14-10/h2-5H,6H2,1H3,(H,15,16). The molecule has 0 saturated carbocycles. The van der Waals surface area contributed by atoms with Gasteiger partial charge in [0.2, 0.25) is 5.76 Å². The molecule has 0 aliphatic rings. The number of benzene rings is 1. The van der Waals surface area contributed by atoms with E-state index in [-0.39, 0.29) is 5.76 Å². The third-order valence-corrected chi connectivity index (χ3v) is 3.04. The zero-order chi connectivity index (χ0) is 13.1. The molecule has 2 aromatic rings. The Hall–Kier alpha value is -1.82. The molecule has 6 heteroatoms. The summed E-state index contributed by atoms with van der Waals surface area (Å²) in [6.45, 7) is 0. The topological polar surface area (TPSA) is 72.6 Å².